The molecule has 1 N–H and O–H groups in total. The summed E-state index contributed by atoms with van der Waals surface area (Å²) in [6.07, 6.45) is 4.35. The fourth-order valence-corrected chi connectivity index (χ4v) is 2.22. The number of pyridine rings is 2. The Labute approximate surface area is 151 Å². The van der Waals surface area contributed by atoms with Crippen LogP contribution in [0, 0.1) is 0 Å². The number of anilines is 1. The van der Waals surface area contributed by atoms with Gasteiger partial charge in [-0.05, 0) is 37.3 Å². The van der Waals surface area contributed by atoms with E-state index in [0.717, 1.165) is 5.56 Å². The van der Waals surface area contributed by atoms with Crippen LogP contribution < -0.4 is 14.8 Å². The van der Waals surface area contributed by atoms with Crippen LogP contribution in [-0.4, -0.2) is 22.0 Å². The topological polar surface area (TPSA) is 73.3 Å². The Kier molecular flexibility index (Phi) is 5.77. The smallest absolute Gasteiger partial charge is 0.266 e. The van der Waals surface area contributed by atoms with Crippen LogP contribution in [0.2, 0.25) is 0 Å². The number of amides is 1. The largest absolute Gasteiger partial charge is 0.485 e. The van der Waals surface area contributed by atoms with Crippen LogP contribution in [0.1, 0.15) is 12.5 Å². The van der Waals surface area contributed by atoms with Crippen molar-refractivity contribution >= 4 is 11.7 Å². The summed E-state index contributed by atoms with van der Waals surface area (Å²) < 4.78 is 11.4. The molecule has 0 saturated carbocycles. The summed E-state index contributed by atoms with van der Waals surface area (Å²) in [6.45, 7) is 2.01. The first-order valence-corrected chi connectivity index (χ1v) is 8.21. The zero-order valence-electron chi connectivity index (χ0n) is 14.3. The molecule has 6 heteroatoms. The summed E-state index contributed by atoms with van der Waals surface area (Å²) in [4.78, 5) is 20.6. The second-order valence-corrected chi connectivity index (χ2v) is 5.56. The Morgan fingerprint density at radius 1 is 1.08 bits per heavy atom. The van der Waals surface area contributed by atoms with Gasteiger partial charge < -0.3 is 14.8 Å². The van der Waals surface area contributed by atoms with Gasteiger partial charge in [0, 0.05) is 24.2 Å². The number of hydrogen-bond acceptors (Lipinski definition) is 5. The Morgan fingerprint density at radius 2 is 1.88 bits per heavy atom. The number of nitrogens with one attached hydrogen (secondary N) is 1. The zero-order valence-corrected chi connectivity index (χ0v) is 14.3. The number of benzene rings is 1. The lowest BCUT2D eigenvalue weighted by Crippen LogP contribution is -2.30. The summed E-state index contributed by atoms with van der Waals surface area (Å²) in [6, 6.07) is 16.4. The lowest BCUT2D eigenvalue weighted by Gasteiger charge is -2.16. The second-order valence-electron chi connectivity index (χ2n) is 5.56. The van der Waals surface area contributed by atoms with Gasteiger partial charge in [0.1, 0.15) is 12.4 Å². The van der Waals surface area contributed by atoms with Crippen molar-refractivity contribution < 1.29 is 14.3 Å². The third kappa shape index (κ3) is 4.80. The molecule has 1 atom stereocenters. The molecular formula is C20H19N3O3. The minimum absolute atomic E-state index is 0.307. The maximum atomic E-state index is 12.4. The summed E-state index contributed by atoms with van der Waals surface area (Å²) >= 11 is 0. The lowest BCUT2D eigenvalue weighted by atomic mass is 10.3. The average molecular weight is 349 g/mol. The van der Waals surface area contributed by atoms with Gasteiger partial charge in [-0.2, -0.15) is 0 Å². The zero-order chi connectivity index (χ0) is 18.2. The molecule has 0 fully saturated rings. The predicted molar refractivity (Wildman–Crippen MR) is 98.0 cm³/mol. The van der Waals surface area contributed by atoms with Gasteiger partial charge in [0.25, 0.3) is 5.91 Å². The molecule has 2 heterocycles. The molecule has 132 valence electrons. The Bertz CT molecular complexity index is 841. The molecule has 0 bridgehead atoms. The Morgan fingerprint density at radius 3 is 2.65 bits per heavy atom. The predicted octanol–water partition coefficient (Wildman–Crippen LogP) is 3.46. The van der Waals surface area contributed by atoms with E-state index in [2.05, 4.69) is 15.3 Å². The average Bonchev–Trinajstić information content (AvgIpc) is 2.69. The summed E-state index contributed by atoms with van der Waals surface area (Å²) in [5.74, 6) is 1.16. The van der Waals surface area contributed by atoms with Crippen molar-refractivity contribution in [3.8, 4) is 11.5 Å². The fraction of sp³-hybridized carbons (Fsp3) is 0.150. The van der Waals surface area contributed by atoms with E-state index < -0.39 is 6.10 Å². The second kappa shape index (κ2) is 8.62. The van der Waals surface area contributed by atoms with Crippen LogP contribution in [0.4, 0.5) is 5.82 Å². The molecule has 2 aromatic heterocycles. The van der Waals surface area contributed by atoms with E-state index in [-0.39, 0.29) is 5.91 Å². The van der Waals surface area contributed by atoms with E-state index >= 15 is 0 Å². The van der Waals surface area contributed by atoms with E-state index in [9.17, 15) is 4.79 Å². The number of carbonyl (C=O) groups is 1. The summed E-state index contributed by atoms with van der Waals surface area (Å²) in [7, 11) is 0. The highest BCUT2D eigenvalue weighted by atomic mass is 16.5. The lowest BCUT2D eigenvalue weighted by molar-refractivity contribution is -0.122. The van der Waals surface area contributed by atoms with Gasteiger partial charge >= 0.3 is 0 Å². The van der Waals surface area contributed by atoms with E-state index in [1.54, 1.807) is 49.8 Å². The molecule has 3 rings (SSSR count). The quantitative estimate of drug-likeness (QED) is 0.707. The van der Waals surface area contributed by atoms with Crippen LogP contribution in [0.5, 0.6) is 11.5 Å². The van der Waals surface area contributed by atoms with Crippen LogP contribution in [0.15, 0.2) is 73.2 Å². The van der Waals surface area contributed by atoms with Gasteiger partial charge in [0.15, 0.2) is 17.7 Å². The Hall–Kier alpha value is -3.41. The van der Waals surface area contributed by atoms with E-state index in [4.69, 9.17) is 9.47 Å². The molecule has 0 aliphatic heterocycles. The molecule has 0 saturated heterocycles. The molecule has 0 unspecified atom stereocenters. The molecule has 26 heavy (non-hydrogen) atoms. The van der Waals surface area contributed by atoms with Crippen molar-refractivity contribution in [2.24, 2.45) is 0 Å². The number of para-hydroxylation sites is 1. The third-order valence-electron chi connectivity index (χ3n) is 3.55. The van der Waals surface area contributed by atoms with Crippen LogP contribution >= 0.6 is 0 Å². The standard InChI is InChI=1S/C20H19N3O3/c1-15(26-17-8-3-2-4-9-17)20(24)23-19-18(10-6-12-22-19)25-14-16-7-5-11-21-13-16/h2-13,15H,14H2,1H3,(H,22,23,24)/t15-/m1/s1. The maximum absolute atomic E-state index is 12.4. The number of hydrogen-bond donors (Lipinski definition) is 1. The number of aromatic nitrogens is 2. The van der Waals surface area contributed by atoms with Gasteiger partial charge in [0.05, 0.1) is 0 Å². The molecule has 0 aliphatic rings. The van der Waals surface area contributed by atoms with Crippen molar-refractivity contribution in [2.75, 3.05) is 5.32 Å². The molecule has 6 nitrogen and oxygen atoms in total. The molecule has 0 aliphatic carbocycles. The Balaban J connectivity index is 1.63. The van der Waals surface area contributed by atoms with Gasteiger partial charge in [-0.3, -0.25) is 9.78 Å². The molecule has 0 radical (unpaired) electrons. The first-order chi connectivity index (χ1) is 12.7. The number of ether oxygens (including phenoxy) is 2. The fourth-order valence-electron chi connectivity index (χ4n) is 2.22. The maximum Gasteiger partial charge on any atom is 0.266 e. The molecule has 0 spiro atoms. The highest BCUT2D eigenvalue weighted by Gasteiger charge is 2.17. The van der Waals surface area contributed by atoms with Gasteiger partial charge in [-0.15, -0.1) is 0 Å². The van der Waals surface area contributed by atoms with Gasteiger partial charge in [-0.1, -0.05) is 24.3 Å². The van der Waals surface area contributed by atoms with Crippen molar-refractivity contribution in [1.82, 2.24) is 9.97 Å². The minimum atomic E-state index is -0.675. The highest BCUT2D eigenvalue weighted by molar-refractivity contribution is 5.94. The molecule has 3 aromatic rings. The van der Waals surface area contributed by atoms with Gasteiger partial charge in [0.2, 0.25) is 0 Å². The van der Waals surface area contributed by atoms with Gasteiger partial charge in [-0.25, -0.2) is 4.98 Å². The first-order valence-electron chi connectivity index (χ1n) is 8.21. The van der Waals surface area contributed by atoms with Crippen LogP contribution in [0.25, 0.3) is 0 Å². The van der Waals surface area contributed by atoms with E-state index in [1.807, 2.05) is 30.3 Å². The van der Waals surface area contributed by atoms with Crippen molar-refractivity contribution in [3.63, 3.8) is 0 Å². The van der Waals surface area contributed by atoms with Crippen molar-refractivity contribution in [2.45, 2.75) is 19.6 Å². The normalized spacial score (nSPS) is 11.4. The minimum Gasteiger partial charge on any atom is -0.485 e. The summed E-state index contributed by atoms with van der Waals surface area (Å²) in [5.41, 5.74) is 0.925. The monoisotopic (exact) mass is 349 g/mol. The molecular weight excluding hydrogens is 330 g/mol. The SMILES string of the molecule is C[C@@H](Oc1ccccc1)C(=O)Nc1ncccc1OCc1cccnc1. The van der Waals surface area contributed by atoms with E-state index in [0.29, 0.717) is 23.9 Å². The van der Waals surface area contributed by atoms with E-state index in [1.165, 1.54) is 0 Å². The number of nitrogens with zero attached hydrogens (tertiary/aromatic N) is 2. The van der Waals surface area contributed by atoms with Crippen molar-refractivity contribution in [1.29, 1.82) is 0 Å². The third-order valence-corrected chi connectivity index (χ3v) is 3.55. The van der Waals surface area contributed by atoms with Crippen LogP contribution in [-0.2, 0) is 11.4 Å². The highest BCUT2D eigenvalue weighted by Crippen LogP contribution is 2.22. The van der Waals surface area contributed by atoms with Crippen LogP contribution in [0.3, 0.4) is 0 Å². The first kappa shape index (κ1) is 17.4. The van der Waals surface area contributed by atoms with Crippen molar-refractivity contribution in [3.05, 3.63) is 78.8 Å². The molecule has 1 amide bonds. The molecule has 1 aromatic carbocycles. The number of carbonyl (C=O) groups excluding carboxylic acids is 1. The number of rotatable bonds is 7. The summed E-state index contributed by atoms with van der Waals surface area (Å²) in [5, 5.41) is 2.75.